The lowest BCUT2D eigenvalue weighted by molar-refractivity contribution is -0.206. The number of carboxylic acids is 1. The summed E-state index contributed by atoms with van der Waals surface area (Å²) >= 11 is 0. The van der Waals surface area contributed by atoms with Gasteiger partial charge in [0.1, 0.15) is 5.75 Å². The molecule has 0 radical (unpaired) electrons. The molecule has 0 bridgehead atoms. The van der Waals surface area contributed by atoms with Crippen molar-refractivity contribution in [3.63, 3.8) is 0 Å². The molecule has 0 aliphatic rings. The predicted octanol–water partition coefficient (Wildman–Crippen LogP) is 2.19. The van der Waals surface area contributed by atoms with Crippen LogP contribution in [0.25, 0.3) is 0 Å². The van der Waals surface area contributed by atoms with Crippen LogP contribution in [0.15, 0.2) is 24.3 Å². The van der Waals surface area contributed by atoms with E-state index in [4.69, 9.17) is 9.84 Å². The molecule has 19 heavy (non-hydrogen) atoms. The van der Waals surface area contributed by atoms with Crippen molar-refractivity contribution in [2.75, 3.05) is 7.11 Å². The lowest BCUT2D eigenvalue weighted by Crippen LogP contribution is -2.59. The van der Waals surface area contributed by atoms with E-state index in [0.29, 0.717) is 18.2 Å². The number of nitrogens with one attached hydrogen (secondary N) is 1. The number of rotatable bonds is 5. The zero-order valence-corrected chi connectivity index (χ0v) is 10.4. The fraction of sp³-hybridized carbons (Fsp3) is 0.417. The average Bonchev–Trinajstić information content (AvgIpc) is 2.34. The molecule has 0 aliphatic heterocycles. The minimum atomic E-state index is -4.88. The van der Waals surface area contributed by atoms with E-state index < -0.39 is 17.7 Å². The van der Waals surface area contributed by atoms with Crippen molar-refractivity contribution >= 4 is 5.97 Å². The van der Waals surface area contributed by atoms with E-state index in [9.17, 15) is 18.0 Å². The molecular weight excluding hydrogens is 263 g/mol. The van der Waals surface area contributed by atoms with E-state index >= 15 is 0 Å². The Morgan fingerprint density at radius 2 is 1.84 bits per heavy atom. The number of halogens is 3. The second-order valence-electron chi connectivity index (χ2n) is 4.13. The molecule has 1 aromatic carbocycles. The Hall–Kier alpha value is -1.76. The van der Waals surface area contributed by atoms with Gasteiger partial charge in [-0.15, -0.1) is 0 Å². The van der Waals surface area contributed by atoms with Crippen LogP contribution in [0, 0.1) is 0 Å². The van der Waals surface area contributed by atoms with E-state index in [1.165, 1.54) is 7.11 Å². The summed E-state index contributed by atoms with van der Waals surface area (Å²) in [6, 6.07) is 6.29. The van der Waals surface area contributed by atoms with Gasteiger partial charge in [0.25, 0.3) is 0 Å². The first-order chi connectivity index (χ1) is 8.70. The number of alkyl halides is 3. The molecule has 0 aromatic heterocycles. The number of ether oxygens (including phenoxy) is 1. The van der Waals surface area contributed by atoms with Gasteiger partial charge in [0.2, 0.25) is 5.54 Å². The molecule has 1 unspecified atom stereocenters. The van der Waals surface area contributed by atoms with E-state index in [2.05, 4.69) is 0 Å². The summed E-state index contributed by atoms with van der Waals surface area (Å²) in [7, 11) is 1.47. The lowest BCUT2D eigenvalue weighted by atomic mass is 10.0. The zero-order valence-electron chi connectivity index (χ0n) is 10.4. The average molecular weight is 277 g/mol. The van der Waals surface area contributed by atoms with Crippen molar-refractivity contribution in [1.82, 2.24) is 5.32 Å². The van der Waals surface area contributed by atoms with Crippen LogP contribution in [0.3, 0.4) is 0 Å². The van der Waals surface area contributed by atoms with Gasteiger partial charge in [-0.05, 0) is 24.6 Å². The second-order valence-corrected chi connectivity index (χ2v) is 4.13. The number of aliphatic carboxylic acids is 1. The quantitative estimate of drug-likeness (QED) is 0.866. The molecule has 0 spiro atoms. The summed E-state index contributed by atoms with van der Waals surface area (Å²) in [6.45, 7) is 0.380. The van der Waals surface area contributed by atoms with Gasteiger partial charge in [0, 0.05) is 6.54 Å². The maximum Gasteiger partial charge on any atom is 0.417 e. The molecule has 0 amide bonds. The number of benzene rings is 1. The first kappa shape index (κ1) is 15.3. The van der Waals surface area contributed by atoms with Crippen LogP contribution >= 0.6 is 0 Å². The molecule has 0 fully saturated rings. The molecule has 0 aliphatic carbocycles. The smallest absolute Gasteiger partial charge is 0.417 e. The highest BCUT2D eigenvalue weighted by molar-refractivity contribution is 5.79. The number of carbonyl (C=O) groups is 1. The number of hydrogen-bond donors (Lipinski definition) is 2. The number of carboxylic acid groups (broad SMARTS) is 1. The molecule has 0 saturated carbocycles. The topological polar surface area (TPSA) is 58.6 Å². The van der Waals surface area contributed by atoms with Gasteiger partial charge < -0.3 is 9.84 Å². The van der Waals surface area contributed by atoms with E-state index in [1.54, 1.807) is 24.3 Å². The molecule has 0 saturated heterocycles. The molecule has 1 atom stereocenters. The van der Waals surface area contributed by atoms with Gasteiger partial charge in [-0.1, -0.05) is 12.1 Å². The third-order valence-corrected chi connectivity index (χ3v) is 2.80. The van der Waals surface area contributed by atoms with Crippen molar-refractivity contribution in [2.24, 2.45) is 0 Å². The molecule has 2 N–H and O–H groups in total. The van der Waals surface area contributed by atoms with Crippen LogP contribution in [0.2, 0.25) is 0 Å². The highest BCUT2D eigenvalue weighted by Gasteiger charge is 2.57. The van der Waals surface area contributed by atoms with Gasteiger partial charge >= 0.3 is 12.1 Å². The first-order valence-corrected chi connectivity index (χ1v) is 5.39. The molecular formula is C12H14F3NO3. The van der Waals surface area contributed by atoms with Crippen LogP contribution in [-0.4, -0.2) is 29.9 Å². The highest BCUT2D eigenvalue weighted by Crippen LogP contribution is 2.30. The maximum absolute atomic E-state index is 12.7. The van der Waals surface area contributed by atoms with Crippen molar-refractivity contribution < 1.29 is 27.8 Å². The Kier molecular flexibility index (Phi) is 4.41. The predicted molar refractivity (Wildman–Crippen MR) is 61.9 cm³/mol. The summed E-state index contributed by atoms with van der Waals surface area (Å²) in [5.41, 5.74) is -2.45. The van der Waals surface area contributed by atoms with Crippen molar-refractivity contribution in [2.45, 2.75) is 25.2 Å². The summed E-state index contributed by atoms with van der Waals surface area (Å²) in [5.74, 6) is -1.39. The Morgan fingerprint density at radius 3 is 2.21 bits per heavy atom. The van der Waals surface area contributed by atoms with E-state index in [0.717, 1.165) is 0 Å². The molecule has 4 nitrogen and oxygen atoms in total. The third-order valence-electron chi connectivity index (χ3n) is 2.80. The van der Waals surface area contributed by atoms with E-state index in [1.807, 2.05) is 5.32 Å². The highest BCUT2D eigenvalue weighted by atomic mass is 19.4. The normalized spacial score (nSPS) is 14.8. The number of methoxy groups -OCH3 is 1. The summed E-state index contributed by atoms with van der Waals surface area (Å²) in [5, 5.41) is 10.7. The fourth-order valence-electron chi connectivity index (χ4n) is 1.32. The molecule has 7 heteroatoms. The molecule has 0 heterocycles. The van der Waals surface area contributed by atoms with Gasteiger partial charge in [-0.2, -0.15) is 13.2 Å². The molecule has 1 aromatic rings. The van der Waals surface area contributed by atoms with Crippen LogP contribution < -0.4 is 10.1 Å². The van der Waals surface area contributed by atoms with Crippen LogP contribution in [0.4, 0.5) is 13.2 Å². The second kappa shape index (κ2) is 5.48. The molecule has 106 valence electrons. The van der Waals surface area contributed by atoms with Crippen LogP contribution in [-0.2, 0) is 11.3 Å². The zero-order chi connectivity index (χ0) is 14.7. The Balaban J connectivity index is 2.80. The Morgan fingerprint density at radius 1 is 1.32 bits per heavy atom. The fourth-order valence-corrected chi connectivity index (χ4v) is 1.32. The van der Waals surface area contributed by atoms with Crippen molar-refractivity contribution in [1.29, 1.82) is 0 Å². The summed E-state index contributed by atoms with van der Waals surface area (Å²) in [6.07, 6.45) is -4.88. The minimum Gasteiger partial charge on any atom is -0.497 e. The standard InChI is InChI=1S/C12H14F3NO3/c1-11(10(17)18,12(13,14)15)16-7-8-3-5-9(19-2)6-4-8/h3-6,16H,7H2,1-2H3,(H,17,18). The van der Waals surface area contributed by atoms with Gasteiger partial charge in [-0.3, -0.25) is 5.32 Å². The minimum absolute atomic E-state index is 0.216. The Labute approximate surface area is 108 Å². The lowest BCUT2D eigenvalue weighted by Gasteiger charge is -2.28. The first-order valence-electron chi connectivity index (χ1n) is 5.39. The largest absolute Gasteiger partial charge is 0.497 e. The third kappa shape index (κ3) is 3.37. The van der Waals surface area contributed by atoms with Crippen LogP contribution in [0.5, 0.6) is 5.75 Å². The van der Waals surface area contributed by atoms with Crippen molar-refractivity contribution in [3.05, 3.63) is 29.8 Å². The Bertz CT molecular complexity index is 445. The van der Waals surface area contributed by atoms with Crippen LogP contribution in [0.1, 0.15) is 12.5 Å². The molecule has 1 rings (SSSR count). The SMILES string of the molecule is COc1ccc(CNC(C)(C(=O)O)C(F)(F)F)cc1. The van der Waals surface area contributed by atoms with Gasteiger partial charge in [0.15, 0.2) is 0 Å². The summed E-state index contributed by atoms with van der Waals surface area (Å²) < 4.78 is 43.1. The number of hydrogen-bond acceptors (Lipinski definition) is 3. The summed E-state index contributed by atoms with van der Waals surface area (Å²) in [4.78, 5) is 10.8. The van der Waals surface area contributed by atoms with Crippen molar-refractivity contribution in [3.8, 4) is 5.75 Å². The monoisotopic (exact) mass is 277 g/mol. The van der Waals surface area contributed by atoms with Gasteiger partial charge in [-0.25, -0.2) is 4.79 Å². The van der Waals surface area contributed by atoms with E-state index in [-0.39, 0.29) is 6.54 Å². The maximum atomic E-state index is 12.7. The van der Waals surface area contributed by atoms with Gasteiger partial charge in [0.05, 0.1) is 7.11 Å².